The van der Waals surface area contributed by atoms with Gasteiger partial charge in [0.1, 0.15) is 0 Å². The van der Waals surface area contributed by atoms with Crippen LogP contribution in [0.15, 0.2) is 18.2 Å². The summed E-state index contributed by atoms with van der Waals surface area (Å²) in [4.78, 5) is 23.9. The zero-order valence-electron chi connectivity index (χ0n) is 11.7. The Morgan fingerprint density at radius 1 is 1.45 bits per heavy atom. The van der Waals surface area contributed by atoms with E-state index >= 15 is 0 Å². The first-order chi connectivity index (χ1) is 9.48. The van der Waals surface area contributed by atoms with Gasteiger partial charge in [-0.15, -0.1) is 0 Å². The summed E-state index contributed by atoms with van der Waals surface area (Å²) in [6.07, 6.45) is 1.73. The lowest BCUT2D eigenvalue weighted by molar-refractivity contribution is -0.121. The Bertz CT molecular complexity index is 536. The number of nitrogens with two attached hydrogens (primary N) is 1. The van der Waals surface area contributed by atoms with E-state index in [0.717, 1.165) is 19.4 Å². The number of methoxy groups -OCH3 is 1. The first-order valence-corrected chi connectivity index (χ1v) is 6.51. The standard InChI is InChI=1S/C14H19N3O3/c1-14(7-4-8-16-14)13(19)17-10-6-3-5-9(11(10)15)12(18)20-2/h3,5-6,16H,4,7-8,15H2,1-2H3,(H,17,19)/t14-/m1/s1. The van der Waals surface area contributed by atoms with Gasteiger partial charge in [0.05, 0.1) is 29.6 Å². The summed E-state index contributed by atoms with van der Waals surface area (Å²) in [5, 5.41) is 5.95. The van der Waals surface area contributed by atoms with Crippen LogP contribution in [0.1, 0.15) is 30.1 Å². The van der Waals surface area contributed by atoms with Crippen molar-refractivity contribution in [3.8, 4) is 0 Å². The summed E-state index contributed by atoms with van der Waals surface area (Å²) in [5.74, 6) is -0.674. The van der Waals surface area contributed by atoms with E-state index < -0.39 is 11.5 Å². The van der Waals surface area contributed by atoms with Crippen LogP contribution in [0.4, 0.5) is 11.4 Å². The van der Waals surface area contributed by atoms with Crippen LogP contribution in [0.5, 0.6) is 0 Å². The van der Waals surface area contributed by atoms with Crippen LogP contribution in [0.3, 0.4) is 0 Å². The van der Waals surface area contributed by atoms with Crippen LogP contribution in [0.2, 0.25) is 0 Å². The summed E-state index contributed by atoms with van der Waals surface area (Å²) < 4.78 is 4.65. The number of anilines is 2. The molecule has 6 heteroatoms. The molecule has 0 unspecified atom stereocenters. The van der Waals surface area contributed by atoms with Gasteiger partial charge in [-0.2, -0.15) is 0 Å². The number of hydrogen-bond acceptors (Lipinski definition) is 5. The van der Waals surface area contributed by atoms with Gasteiger partial charge in [-0.1, -0.05) is 6.07 Å². The summed E-state index contributed by atoms with van der Waals surface area (Å²) >= 11 is 0. The zero-order chi connectivity index (χ0) is 14.8. The molecule has 2 rings (SSSR count). The van der Waals surface area contributed by atoms with Crippen molar-refractivity contribution in [2.45, 2.75) is 25.3 Å². The molecule has 1 aromatic rings. The minimum Gasteiger partial charge on any atom is -0.465 e. The molecule has 1 heterocycles. The Labute approximate surface area is 117 Å². The Morgan fingerprint density at radius 3 is 2.80 bits per heavy atom. The third kappa shape index (κ3) is 2.60. The second-order valence-electron chi connectivity index (χ2n) is 5.07. The monoisotopic (exact) mass is 277 g/mol. The summed E-state index contributed by atoms with van der Waals surface area (Å²) in [6, 6.07) is 4.88. The lowest BCUT2D eigenvalue weighted by atomic mass is 9.99. The van der Waals surface area contributed by atoms with Gasteiger partial charge in [0.15, 0.2) is 0 Å². The third-order valence-corrected chi connectivity index (χ3v) is 3.63. The van der Waals surface area contributed by atoms with Gasteiger partial charge in [0, 0.05) is 0 Å². The molecule has 1 aliphatic rings. The maximum atomic E-state index is 12.3. The van der Waals surface area contributed by atoms with Crippen LogP contribution in [-0.2, 0) is 9.53 Å². The molecule has 1 saturated heterocycles. The fourth-order valence-electron chi connectivity index (χ4n) is 2.31. The third-order valence-electron chi connectivity index (χ3n) is 3.63. The molecule has 1 atom stereocenters. The van der Waals surface area contributed by atoms with Crippen molar-refractivity contribution in [1.29, 1.82) is 0 Å². The van der Waals surface area contributed by atoms with Gasteiger partial charge in [0.25, 0.3) is 0 Å². The normalized spacial score (nSPS) is 21.5. The second-order valence-corrected chi connectivity index (χ2v) is 5.07. The number of carbonyl (C=O) groups excluding carboxylic acids is 2. The van der Waals surface area contributed by atoms with E-state index in [-0.39, 0.29) is 17.2 Å². The molecule has 20 heavy (non-hydrogen) atoms. The molecular weight excluding hydrogens is 258 g/mol. The quantitative estimate of drug-likeness (QED) is 0.569. The first kappa shape index (κ1) is 14.3. The Kier molecular flexibility index (Phi) is 3.94. The van der Waals surface area contributed by atoms with Crippen LogP contribution in [-0.4, -0.2) is 31.1 Å². The smallest absolute Gasteiger partial charge is 0.340 e. The number of hydrogen-bond donors (Lipinski definition) is 3. The number of carbonyl (C=O) groups is 2. The number of benzene rings is 1. The summed E-state index contributed by atoms with van der Waals surface area (Å²) in [7, 11) is 1.29. The molecule has 0 aromatic heterocycles. The minimum absolute atomic E-state index is 0.149. The molecule has 4 N–H and O–H groups in total. The highest BCUT2D eigenvalue weighted by Crippen LogP contribution is 2.26. The molecule has 108 valence electrons. The number of rotatable bonds is 3. The van der Waals surface area contributed by atoms with E-state index in [1.807, 2.05) is 6.92 Å². The second kappa shape index (κ2) is 5.50. The van der Waals surface area contributed by atoms with Crippen LogP contribution < -0.4 is 16.4 Å². The number of ether oxygens (including phenoxy) is 1. The van der Waals surface area contributed by atoms with Crippen molar-refractivity contribution in [2.24, 2.45) is 0 Å². The van der Waals surface area contributed by atoms with E-state index in [1.54, 1.807) is 18.2 Å². The van der Waals surface area contributed by atoms with Gasteiger partial charge in [0.2, 0.25) is 5.91 Å². The average molecular weight is 277 g/mol. The molecule has 6 nitrogen and oxygen atoms in total. The maximum Gasteiger partial charge on any atom is 0.340 e. The number of amides is 1. The highest BCUT2D eigenvalue weighted by molar-refractivity contribution is 6.04. The van der Waals surface area contributed by atoms with Gasteiger partial charge < -0.3 is 21.1 Å². The predicted octanol–water partition coefficient (Wildman–Crippen LogP) is 1.14. The fourth-order valence-corrected chi connectivity index (χ4v) is 2.31. The molecular formula is C14H19N3O3. The van der Waals surface area contributed by atoms with Gasteiger partial charge in [-0.25, -0.2) is 4.79 Å². The van der Waals surface area contributed by atoms with Crippen LogP contribution >= 0.6 is 0 Å². The fraction of sp³-hybridized carbons (Fsp3) is 0.429. The highest BCUT2D eigenvalue weighted by atomic mass is 16.5. The van der Waals surface area contributed by atoms with Gasteiger partial charge in [-0.05, 0) is 38.4 Å². The summed E-state index contributed by atoms with van der Waals surface area (Å²) in [5.41, 5.74) is 6.21. The molecule has 0 spiro atoms. The first-order valence-electron chi connectivity index (χ1n) is 6.51. The van der Waals surface area contributed by atoms with Crippen molar-refractivity contribution in [3.05, 3.63) is 23.8 Å². The van der Waals surface area contributed by atoms with Crippen molar-refractivity contribution in [3.63, 3.8) is 0 Å². The lowest BCUT2D eigenvalue weighted by Crippen LogP contribution is -2.48. The van der Waals surface area contributed by atoms with Crippen LogP contribution in [0, 0.1) is 0 Å². The molecule has 0 bridgehead atoms. The molecule has 1 aliphatic heterocycles. The number of nitrogen functional groups attached to an aromatic ring is 1. The SMILES string of the molecule is COC(=O)c1cccc(NC(=O)[C@@]2(C)CCCN2)c1N. The highest BCUT2D eigenvalue weighted by Gasteiger charge is 2.36. The maximum absolute atomic E-state index is 12.3. The van der Waals surface area contributed by atoms with E-state index in [0.29, 0.717) is 5.69 Å². The minimum atomic E-state index is -0.590. The molecule has 0 saturated carbocycles. The molecule has 1 fully saturated rings. The summed E-state index contributed by atoms with van der Waals surface area (Å²) in [6.45, 7) is 2.68. The largest absolute Gasteiger partial charge is 0.465 e. The molecule has 0 aliphatic carbocycles. The van der Waals surface area contributed by atoms with E-state index in [2.05, 4.69) is 15.4 Å². The molecule has 1 aromatic carbocycles. The van der Waals surface area contributed by atoms with Crippen molar-refractivity contribution < 1.29 is 14.3 Å². The van der Waals surface area contributed by atoms with E-state index in [4.69, 9.17) is 5.73 Å². The number of esters is 1. The van der Waals surface area contributed by atoms with Crippen LogP contribution in [0.25, 0.3) is 0 Å². The Morgan fingerprint density at radius 2 is 2.20 bits per heavy atom. The topological polar surface area (TPSA) is 93.4 Å². The zero-order valence-corrected chi connectivity index (χ0v) is 11.7. The van der Waals surface area contributed by atoms with Gasteiger partial charge >= 0.3 is 5.97 Å². The van der Waals surface area contributed by atoms with Crippen molar-refractivity contribution in [1.82, 2.24) is 5.32 Å². The van der Waals surface area contributed by atoms with Gasteiger partial charge in [-0.3, -0.25) is 4.79 Å². The number of para-hydroxylation sites is 1. The predicted molar refractivity (Wildman–Crippen MR) is 76.5 cm³/mol. The average Bonchev–Trinajstić information content (AvgIpc) is 2.88. The van der Waals surface area contributed by atoms with E-state index in [1.165, 1.54) is 7.11 Å². The van der Waals surface area contributed by atoms with E-state index in [9.17, 15) is 9.59 Å². The Balaban J connectivity index is 2.22. The van der Waals surface area contributed by atoms with Crippen molar-refractivity contribution >= 4 is 23.3 Å². The van der Waals surface area contributed by atoms with Crippen molar-refractivity contribution in [2.75, 3.05) is 24.7 Å². The lowest BCUT2D eigenvalue weighted by Gasteiger charge is -2.23. The molecule has 0 radical (unpaired) electrons. The Hall–Kier alpha value is -2.08. The number of nitrogens with one attached hydrogen (secondary N) is 2. The molecule has 1 amide bonds.